The number of aromatic nitrogens is 1. The molecule has 276 valence electrons. The average Bonchev–Trinajstić information content (AvgIpc) is 3.62. The van der Waals surface area contributed by atoms with Crippen LogP contribution in [-0.4, -0.2) is 39.6 Å². The van der Waals surface area contributed by atoms with Crippen LogP contribution < -0.4 is 20.9 Å². The number of alkyl carbamates (subject to hydrolysis) is 1. The summed E-state index contributed by atoms with van der Waals surface area (Å²) in [6.45, 7) is 1.85. The predicted molar refractivity (Wildman–Crippen MR) is 204 cm³/mol. The molecule has 5 aromatic carbocycles. The van der Waals surface area contributed by atoms with Crippen LogP contribution in [0.3, 0.4) is 0 Å². The maximum absolute atomic E-state index is 14.0. The van der Waals surface area contributed by atoms with Gasteiger partial charge in [0.05, 0.1) is 0 Å². The summed E-state index contributed by atoms with van der Waals surface area (Å²) in [5.41, 5.74) is 8.89. The molecule has 1 aromatic heterocycles. The number of hydrogen-bond donors (Lipinski definition) is 5. The molecule has 0 spiro atoms. The summed E-state index contributed by atoms with van der Waals surface area (Å²) in [7, 11) is 0. The highest BCUT2D eigenvalue weighted by atomic mass is 16.5. The Bertz CT molecular complexity index is 2160. The van der Waals surface area contributed by atoms with E-state index in [1.807, 2.05) is 115 Å². The number of carbonyl (C=O) groups excluding carboxylic acids is 3. The maximum atomic E-state index is 14.0. The molecule has 0 radical (unpaired) electrons. The van der Waals surface area contributed by atoms with Gasteiger partial charge < -0.3 is 29.6 Å². The number of phenolic OH excluding ortho intramolecular Hbond substituents is 1. The number of aromatic hydroxyl groups is 1. The fourth-order valence-electron chi connectivity index (χ4n) is 5.90. The number of carbonyl (C=O) groups is 3. The number of nitrogens with one attached hydrogen (secondary N) is 4. The largest absolute Gasteiger partial charge is 0.504 e. The Kier molecular flexibility index (Phi) is 12.2. The third kappa shape index (κ3) is 10.0. The molecule has 0 aliphatic rings. The minimum atomic E-state index is -1.52. The number of hydrazine groups is 1. The van der Waals surface area contributed by atoms with Crippen LogP contribution in [0.2, 0.25) is 0 Å². The Labute approximate surface area is 313 Å². The lowest BCUT2D eigenvalue weighted by molar-refractivity contribution is -0.153. The summed E-state index contributed by atoms with van der Waals surface area (Å²) in [5.74, 6) is -1.08. The van der Waals surface area contributed by atoms with Gasteiger partial charge in [0, 0.05) is 29.9 Å². The first-order valence-electron chi connectivity index (χ1n) is 17.5. The number of aromatic amines is 1. The molecule has 11 heteroatoms. The molecule has 0 saturated carbocycles. The highest BCUT2D eigenvalue weighted by Crippen LogP contribution is 2.30. The molecule has 5 N–H and O–H groups in total. The molecule has 0 fully saturated rings. The average molecular weight is 727 g/mol. The van der Waals surface area contributed by atoms with Gasteiger partial charge in [-0.2, -0.15) is 0 Å². The van der Waals surface area contributed by atoms with Gasteiger partial charge in [-0.1, -0.05) is 115 Å². The van der Waals surface area contributed by atoms with Crippen molar-refractivity contribution in [1.29, 1.82) is 0 Å². The van der Waals surface area contributed by atoms with E-state index in [0.29, 0.717) is 5.56 Å². The lowest BCUT2D eigenvalue weighted by atomic mass is 9.93. The smallest absolute Gasteiger partial charge is 0.408 e. The summed E-state index contributed by atoms with van der Waals surface area (Å²) >= 11 is 0. The van der Waals surface area contributed by atoms with Crippen molar-refractivity contribution in [1.82, 2.24) is 21.2 Å². The van der Waals surface area contributed by atoms with Crippen molar-refractivity contribution in [2.75, 3.05) is 0 Å². The summed E-state index contributed by atoms with van der Waals surface area (Å²) in [5, 5.41) is 14.2. The molecule has 0 unspecified atom stereocenters. The van der Waals surface area contributed by atoms with Crippen LogP contribution in [-0.2, 0) is 51.7 Å². The molecule has 1 heterocycles. The van der Waals surface area contributed by atoms with Gasteiger partial charge in [0.1, 0.15) is 31.4 Å². The number of para-hydroxylation sites is 1. The normalized spacial score (nSPS) is 12.6. The first-order valence-corrected chi connectivity index (χ1v) is 17.5. The minimum Gasteiger partial charge on any atom is -0.504 e. The third-order valence-corrected chi connectivity index (χ3v) is 8.86. The van der Waals surface area contributed by atoms with Crippen molar-refractivity contribution < 1.29 is 33.7 Å². The van der Waals surface area contributed by atoms with Crippen LogP contribution >= 0.6 is 0 Å². The zero-order chi connectivity index (χ0) is 37.8. The van der Waals surface area contributed by atoms with Crippen LogP contribution in [0, 0.1) is 0 Å². The third-order valence-electron chi connectivity index (χ3n) is 8.86. The Morgan fingerprint density at radius 3 is 1.98 bits per heavy atom. The number of ether oxygens (including phenoxy) is 3. The molecular formula is C43H42N4O7. The summed E-state index contributed by atoms with van der Waals surface area (Å²) in [6.07, 6.45) is 1.16. The van der Waals surface area contributed by atoms with Crippen molar-refractivity contribution in [2.45, 2.75) is 51.2 Å². The number of benzene rings is 5. The summed E-state index contributed by atoms with van der Waals surface area (Å²) < 4.78 is 17.1. The number of phenols is 1. The van der Waals surface area contributed by atoms with Crippen LogP contribution in [0.5, 0.6) is 11.5 Å². The van der Waals surface area contributed by atoms with Gasteiger partial charge in [0.15, 0.2) is 11.5 Å². The molecule has 2 atom stereocenters. The van der Waals surface area contributed by atoms with Gasteiger partial charge in [-0.15, -0.1) is 0 Å². The SMILES string of the molecule is C[C@@](Cc1ccc(O)c(OCc2ccccc2)c1)(NNC(=O)[C@@H](Cc1c[nH]c2ccccc12)NC(=O)OCc1ccccc1)C(=O)OCc1ccccc1. The number of fused-ring (bicyclic) bond motifs is 1. The van der Waals surface area contributed by atoms with Crippen molar-refractivity contribution in [3.63, 3.8) is 0 Å². The molecule has 0 bridgehead atoms. The lowest BCUT2D eigenvalue weighted by Gasteiger charge is -2.30. The van der Waals surface area contributed by atoms with Gasteiger partial charge in [-0.3, -0.25) is 10.2 Å². The Balaban J connectivity index is 1.20. The monoisotopic (exact) mass is 726 g/mol. The van der Waals surface area contributed by atoms with Crippen LogP contribution in [0.4, 0.5) is 4.79 Å². The quantitative estimate of drug-likeness (QED) is 0.0549. The minimum absolute atomic E-state index is 0.00387. The van der Waals surface area contributed by atoms with Gasteiger partial charge in [-0.05, 0) is 52.9 Å². The summed E-state index contributed by atoms with van der Waals surface area (Å²) in [4.78, 5) is 44.1. The first kappa shape index (κ1) is 37.2. The van der Waals surface area contributed by atoms with E-state index in [2.05, 4.69) is 21.2 Å². The fourth-order valence-corrected chi connectivity index (χ4v) is 5.90. The second kappa shape index (κ2) is 17.8. The molecule has 0 aliphatic heterocycles. The zero-order valence-electron chi connectivity index (χ0n) is 29.8. The standard InChI is InChI=1S/C43H42N4O7/c1-43(41(50)53-28-31-15-7-3-8-16-31,25-33-21-22-38(48)39(23-33)52-27-30-13-5-2-6-14-30)47-46-40(49)37(24-34-26-44-36-20-12-11-19-35(34)36)45-42(51)54-29-32-17-9-4-10-18-32/h2-23,26,37,44,47-48H,24-25,27-29H2,1H3,(H,45,51)(H,46,49)/t37-,43+/m1/s1. The zero-order valence-corrected chi connectivity index (χ0v) is 29.8. The van der Waals surface area contributed by atoms with Gasteiger partial charge >= 0.3 is 12.1 Å². The number of hydrogen-bond acceptors (Lipinski definition) is 8. The molecule has 6 aromatic rings. The van der Waals surface area contributed by atoms with Gasteiger partial charge in [0.25, 0.3) is 5.91 Å². The number of esters is 1. The molecule has 11 nitrogen and oxygen atoms in total. The number of amides is 2. The second-order valence-corrected chi connectivity index (χ2v) is 13.1. The Morgan fingerprint density at radius 2 is 1.31 bits per heavy atom. The Hall–Kier alpha value is -6.59. The van der Waals surface area contributed by atoms with Crippen molar-refractivity contribution in [2.24, 2.45) is 0 Å². The summed E-state index contributed by atoms with van der Waals surface area (Å²) in [6, 6.07) is 39.3. The van der Waals surface area contributed by atoms with Crippen molar-refractivity contribution >= 4 is 28.9 Å². The van der Waals surface area contributed by atoms with Crippen molar-refractivity contribution in [3.8, 4) is 11.5 Å². The molecule has 54 heavy (non-hydrogen) atoms. The maximum Gasteiger partial charge on any atom is 0.408 e. The topological polar surface area (TPSA) is 151 Å². The predicted octanol–water partition coefficient (Wildman–Crippen LogP) is 6.66. The van der Waals surface area contributed by atoms with E-state index in [4.69, 9.17) is 14.2 Å². The molecular weight excluding hydrogens is 684 g/mol. The van der Waals surface area contributed by atoms with E-state index >= 15 is 0 Å². The number of rotatable bonds is 16. The molecule has 2 amide bonds. The molecule has 6 rings (SSSR count). The highest BCUT2D eigenvalue weighted by Gasteiger charge is 2.37. The van der Waals surface area contributed by atoms with E-state index in [0.717, 1.165) is 33.2 Å². The van der Waals surface area contributed by atoms with E-state index in [-0.39, 0.29) is 44.2 Å². The van der Waals surface area contributed by atoms with Gasteiger partial charge in [0.2, 0.25) is 0 Å². The lowest BCUT2D eigenvalue weighted by Crippen LogP contribution is -2.62. The van der Waals surface area contributed by atoms with Crippen LogP contribution in [0.1, 0.15) is 34.7 Å². The fraction of sp³-hybridized carbons (Fsp3) is 0.186. The molecule has 0 aliphatic carbocycles. The van der Waals surface area contributed by atoms with E-state index in [9.17, 15) is 19.5 Å². The van der Waals surface area contributed by atoms with E-state index in [1.54, 1.807) is 25.3 Å². The second-order valence-electron chi connectivity index (χ2n) is 13.1. The van der Waals surface area contributed by atoms with E-state index < -0.39 is 29.6 Å². The van der Waals surface area contributed by atoms with Crippen LogP contribution in [0.15, 0.2) is 140 Å². The number of H-pyrrole nitrogens is 1. The first-order chi connectivity index (χ1) is 26.3. The molecule has 0 saturated heterocycles. The van der Waals surface area contributed by atoms with E-state index in [1.165, 1.54) is 6.07 Å². The Morgan fingerprint density at radius 1 is 0.722 bits per heavy atom. The van der Waals surface area contributed by atoms with Gasteiger partial charge in [-0.25, -0.2) is 15.0 Å². The van der Waals surface area contributed by atoms with Crippen molar-refractivity contribution in [3.05, 3.63) is 167 Å². The highest BCUT2D eigenvalue weighted by molar-refractivity contribution is 5.89. The van der Waals surface area contributed by atoms with Crippen LogP contribution in [0.25, 0.3) is 10.9 Å².